The number of hydrogen-bond acceptors (Lipinski definition) is 5. The number of hydrogen-bond donors (Lipinski definition) is 3. The summed E-state index contributed by atoms with van der Waals surface area (Å²) in [6.07, 6.45) is -1.16. The molecule has 2 rings (SSSR count). The van der Waals surface area contributed by atoms with Crippen molar-refractivity contribution < 1.29 is 19.5 Å². The van der Waals surface area contributed by atoms with E-state index in [2.05, 4.69) is 15.6 Å². The monoisotopic (exact) mass is 362 g/mol. The number of urea groups is 1. The molecule has 1 aromatic rings. The zero-order valence-corrected chi connectivity index (χ0v) is 14.8. The number of halogens is 1. The van der Waals surface area contributed by atoms with E-state index in [9.17, 15) is 19.5 Å². The molecule has 128 valence electrons. The highest BCUT2D eigenvalue weighted by atomic mass is 35.5. The van der Waals surface area contributed by atoms with Crippen LogP contribution in [0.2, 0.25) is 0 Å². The molecule has 1 atom stereocenters. The Labute approximate surface area is 143 Å². The lowest BCUT2D eigenvalue weighted by Crippen LogP contribution is -2.58. The Morgan fingerprint density at radius 3 is 2.39 bits per heavy atom. The number of nitrogens with one attached hydrogen (secondary N) is 2. The summed E-state index contributed by atoms with van der Waals surface area (Å²) in [6.45, 7) is 6.70. The maximum atomic E-state index is 12.4. The first-order chi connectivity index (χ1) is 10.1. The molecule has 8 nitrogen and oxygen atoms in total. The fraction of sp³-hybridized carbons (Fsp3) is 0.538. The number of carboxylic acid groups (broad SMARTS) is 1. The molecule has 1 fully saturated rings. The van der Waals surface area contributed by atoms with Gasteiger partial charge in [-0.3, -0.25) is 10.1 Å². The van der Waals surface area contributed by atoms with Crippen LogP contribution in [0, 0.1) is 6.92 Å². The van der Waals surface area contributed by atoms with Gasteiger partial charge in [-0.25, -0.2) is 14.6 Å². The van der Waals surface area contributed by atoms with Gasteiger partial charge in [-0.1, -0.05) is 0 Å². The smallest absolute Gasteiger partial charge is 0.407 e. The van der Waals surface area contributed by atoms with Crippen molar-refractivity contribution >= 4 is 41.8 Å². The summed E-state index contributed by atoms with van der Waals surface area (Å²) in [7, 11) is 0. The third kappa shape index (κ3) is 3.40. The lowest BCUT2D eigenvalue weighted by atomic mass is 9.93. The van der Waals surface area contributed by atoms with E-state index >= 15 is 0 Å². The van der Waals surface area contributed by atoms with Crippen molar-refractivity contribution in [3.8, 4) is 0 Å². The van der Waals surface area contributed by atoms with Crippen LogP contribution >= 0.6 is 23.7 Å². The molecule has 2 heterocycles. The van der Waals surface area contributed by atoms with Crippen LogP contribution < -0.4 is 10.6 Å². The Morgan fingerprint density at radius 1 is 1.43 bits per heavy atom. The lowest BCUT2D eigenvalue weighted by Gasteiger charge is -2.38. The van der Waals surface area contributed by atoms with Gasteiger partial charge in [0.1, 0.15) is 0 Å². The summed E-state index contributed by atoms with van der Waals surface area (Å²) in [5.74, 6) is -0.569. The van der Waals surface area contributed by atoms with E-state index in [1.54, 1.807) is 33.2 Å². The highest BCUT2D eigenvalue weighted by molar-refractivity contribution is 7.10. The predicted molar refractivity (Wildman–Crippen MR) is 86.9 cm³/mol. The number of nitrogens with zero attached hydrogens (tertiary/aromatic N) is 2. The lowest BCUT2D eigenvalue weighted by molar-refractivity contribution is -0.125. The van der Waals surface area contributed by atoms with Crippen LogP contribution in [0.1, 0.15) is 31.3 Å². The Kier molecular flexibility index (Phi) is 5.27. The average Bonchev–Trinajstić information content (AvgIpc) is 2.89. The molecule has 3 N–H and O–H groups in total. The van der Waals surface area contributed by atoms with Crippen LogP contribution in [0.25, 0.3) is 0 Å². The van der Waals surface area contributed by atoms with E-state index in [0.29, 0.717) is 10.6 Å². The van der Waals surface area contributed by atoms with E-state index in [1.165, 1.54) is 11.3 Å². The minimum atomic E-state index is -1.45. The van der Waals surface area contributed by atoms with E-state index in [-0.39, 0.29) is 19.0 Å². The first-order valence-corrected chi connectivity index (χ1v) is 7.50. The summed E-state index contributed by atoms with van der Waals surface area (Å²) in [5.41, 5.74) is -0.0348. The minimum absolute atomic E-state index is 0. The zero-order valence-electron chi connectivity index (χ0n) is 13.2. The second kappa shape index (κ2) is 6.32. The van der Waals surface area contributed by atoms with Crippen molar-refractivity contribution in [1.82, 2.24) is 20.5 Å². The first kappa shape index (κ1) is 19.2. The van der Waals surface area contributed by atoms with Crippen molar-refractivity contribution in [3.63, 3.8) is 0 Å². The maximum Gasteiger partial charge on any atom is 0.407 e. The van der Waals surface area contributed by atoms with Crippen LogP contribution in [0.3, 0.4) is 0 Å². The molecule has 4 amide bonds. The number of thiazole rings is 1. The number of carbonyl (C=O) groups is 3. The predicted octanol–water partition coefficient (Wildman–Crippen LogP) is 1.69. The molecule has 0 aromatic carbocycles. The molecule has 1 aromatic heterocycles. The normalized spacial score (nSPS) is 20.5. The zero-order chi connectivity index (χ0) is 16.7. The Balaban J connectivity index is 0.00000264. The summed E-state index contributed by atoms with van der Waals surface area (Å²) >= 11 is 1.21. The van der Waals surface area contributed by atoms with Gasteiger partial charge < -0.3 is 15.3 Å². The molecular weight excluding hydrogens is 344 g/mol. The van der Waals surface area contributed by atoms with E-state index < -0.39 is 29.1 Å². The van der Waals surface area contributed by atoms with Gasteiger partial charge in [0.05, 0.1) is 22.6 Å². The third-order valence-corrected chi connectivity index (χ3v) is 4.60. The molecule has 1 aliphatic heterocycles. The van der Waals surface area contributed by atoms with Gasteiger partial charge in [-0.2, -0.15) is 0 Å². The summed E-state index contributed by atoms with van der Waals surface area (Å²) in [4.78, 5) is 41.4. The SMILES string of the molecule is Cc1ncsc1[C@]1(CN(C(=O)O)C(C)(C)C)NC(=O)NC1=O.Cl. The summed E-state index contributed by atoms with van der Waals surface area (Å²) in [6, 6.07) is -0.642. The maximum absolute atomic E-state index is 12.4. The minimum Gasteiger partial charge on any atom is -0.465 e. The standard InChI is InChI=1S/C13H18N4O4S.ClH/c1-7-8(22-6-14-7)13(9(18)15-10(19)16-13)5-17(11(20)21)12(2,3)4;/h6H,5H2,1-4H3,(H,20,21)(H2,15,16,18,19);1H/t13-;/m0./s1. The Hall–Kier alpha value is -1.87. The van der Waals surface area contributed by atoms with Crippen molar-refractivity contribution in [2.45, 2.75) is 38.8 Å². The molecule has 10 heteroatoms. The molecular formula is C13H19ClN4O4S. The average molecular weight is 363 g/mol. The largest absolute Gasteiger partial charge is 0.465 e. The molecule has 0 bridgehead atoms. The van der Waals surface area contributed by atoms with Crippen LogP contribution in [0.4, 0.5) is 9.59 Å². The van der Waals surface area contributed by atoms with Crippen LogP contribution in [0.5, 0.6) is 0 Å². The molecule has 0 saturated carbocycles. The van der Waals surface area contributed by atoms with Gasteiger partial charge in [0, 0.05) is 5.54 Å². The van der Waals surface area contributed by atoms with Gasteiger partial charge in [-0.05, 0) is 27.7 Å². The number of rotatable bonds is 3. The first-order valence-electron chi connectivity index (χ1n) is 6.62. The van der Waals surface area contributed by atoms with Crippen molar-refractivity contribution in [1.29, 1.82) is 0 Å². The van der Waals surface area contributed by atoms with Crippen LogP contribution in [0.15, 0.2) is 5.51 Å². The number of carbonyl (C=O) groups excluding carboxylic acids is 2. The van der Waals surface area contributed by atoms with Gasteiger partial charge in [-0.15, -0.1) is 23.7 Å². The molecule has 1 saturated heterocycles. The van der Waals surface area contributed by atoms with Crippen LogP contribution in [-0.2, 0) is 10.3 Å². The van der Waals surface area contributed by atoms with E-state index in [0.717, 1.165) is 4.90 Å². The molecule has 0 unspecified atom stereocenters. The number of aryl methyl sites for hydroxylation is 1. The van der Waals surface area contributed by atoms with Crippen molar-refractivity contribution in [3.05, 3.63) is 16.1 Å². The Morgan fingerprint density at radius 2 is 2.04 bits per heavy atom. The molecule has 0 spiro atoms. The second-order valence-corrected chi connectivity index (χ2v) is 6.97. The molecule has 1 aliphatic rings. The number of amides is 4. The third-order valence-electron chi connectivity index (χ3n) is 3.51. The van der Waals surface area contributed by atoms with Gasteiger partial charge in [0.25, 0.3) is 5.91 Å². The summed E-state index contributed by atoms with van der Waals surface area (Å²) < 4.78 is 0. The van der Waals surface area contributed by atoms with Gasteiger partial charge in [0.15, 0.2) is 5.54 Å². The van der Waals surface area contributed by atoms with E-state index in [4.69, 9.17) is 0 Å². The topological polar surface area (TPSA) is 112 Å². The Bertz CT molecular complexity index is 642. The van der Waals surface area contributed by atoms with Gasteiger partial charge in [0.2, 0.25) is 0 Å². The number of aromatic nitrogens is 1. The summed E-state index contributed by atoms with van der Waals surface area (Å²) in [5, 5.41) is 14.2. The molecule has 0 aliphatic carbocycles. The number of imide groups is 1. The fourth-order valence-electron chi connectivity index (χ4n) is 2.37. The highest BCUT2D eigenvalue weighted by Crippen LogP contribution is 2.33. The quantitative estimate of drug-likeness (QED) is 0.708. The fourth-order valence-corrected chi connectivity index (χ4v) is 3.32. The molecule has 0 radical (unpaired) electrons. The highest BCUT2D eigenvalue weighted by Gasteiger charge is 2.52. The van der Waals surface area contributed by atoms with Gasteiger partial charge >= 0.3 is 12.1 Å². The van der Waals surface area contributed by atoms with Crippen molar-refractivity contribution in [2.75, 3.05) is 6.54 Å². The van der Waals surface area contributed by atoms with E-state index in [1.807, 2.05) is 0 Å². The van der Waals surface area contributed by atoms with Crippen molar-refractivity contribution in [2.24, 2.45) is 0 Å². The molecule has 23 heavy (non-hydrogen) atoms. The second-order valence-electron chi connectivity index (χ2n) is 6.12. The van der Waals surface area contributed by atoms with Crippen LogP contribution in [-0.4, -0.2) is 45.1 Å².